The summed E-state index contributed by atoms with van der Waals surface area (Å²) in [4.78, 5) is 6.71. The van der Waals surface area contributed by atoms with Crippen molar-refractivity contribution in [1.82, 2.24) is 19.3 Å². The molecule has 0 radical (unpaired) electrons. The monoisotopic (exact) mass is 432 g/mol. The van der Waals surface area contributed by atoms with Crippen LogP contribution in [0.25, 0.3) is 11.4 Å². The highest BCUT2D eigenvalue weighted by Gasteiger charge is 2.30. The average Bonchev–Trinajstić information content (AvgIpc) is 3.17. The fraction of sp³-hybridized carbons (Fsp3) is 0.300. The van der Waals surface area contributed by atoms with Gasteiger partial charge in [-0.05, 0) is 19.1 Å². The number of benzene rings is 2. The van der Waals surface area contributed by atoms with E-state index in [9.17, 15) is 8.42 Å². The van der Waals surface area contributed by atoms with Crippen LogP contribution >= 0.6 is 11.6 Å². The molecular formula is C20H21ClN4O3S. The molecule has 4 rings (SSSR count). The Bertz CT molecular complexity index is 1090. The highest BCUT2D eigenvalue weighted by atomic mass is 35.5. The maximum atomic E-state index is 12.8. The number of hydrogen-bond acceptors (Lipinski definition) is 6. The van der Waals surface area contributed by atoms with Crippen molar-refractivity contribution in [3.05, 3.63) is 65.0 Å². The van der Waals surface area contributed by atoms with Crippen LogP contribution in [0.15, 0.2) is 57.9 Å². The molecular weight excluding hydrogens is 412 g/mol. The van der Waals surface area contributed by atoms with E-state index in [1.807, 2.05) is 31.2 Å². The third-order valence-corrected chi connectivity index (χ3v) is 7.32. The van der Waals surface area contributed by atoms with Crippen LogP contribution in [0.4, 0.5) is 0 Å². The van der Waals surface area contributed by atoms with E-state index < -0.39 is 10.0 Å². The molecule has 1 aromatic heterocycles. The molecule has 0 atom stereocenters. The van der Waals surface area contributed by atoms with Crippen molar-refractivity contribution in [2.24, 2.45) is 0 Å². The zero-order chi connectivity index (χ0) is 20.4. The van der Waals surface area contributed by atoms with Crippen LogP contribution in [0.5, 0.6) is 0 Å². The summed E-state index contributed by atoms with van der Waals surface area (Å²) in [6.45, 7) is 4.42. The Balaban J connectivity index is 1.38. The first kappa shape index (κ1) is 20.0. The van der Waals surface area contributed by atoms with Gasteiger partial charge in [-0.1, -0.05) is 58.7 Å². The average molecular weight is 433 g/mol. The lowest BCUT2D eigenvalue weighted by atomic mass is 10.1. The van der Waals surface area contributed by atoms with Crippen molar-refractivity contribution in [2.75, 3.05) is 26.2 Å². The summed E-state index contributed by atoms with van der Waals surface area (Å²) in [6, 6.07) is 14.4. The Labute approximate surface area is 174 Å². The molecule has 0 bridgehead atoms. The van der Waals surface area contributed by atoms with E-state index in [1.54, 1.807) is 18.2 Å². The normalized spacial score (nSPS) is 16.2. The standard InChI is InChI=1S/C20H21ClN4O3S/c1-15-6-8-16(9-7-15)20-22-19(28-23-20)14-24-10-12-25(13-11-24)29(26,27)18-5-3-2-4-17(18)21/h2-9H,10-14H2,1H3. The second-order valence-corrected chi connectivity index (χ2v) is 9.30. The summed E-state index contributed by atoms with van der Waals surface area (Å²) >= 11 is 6.08. The van der Waals surface area contributed by atoms with Crippen LogP contribution in [0, 0.1) is 6.92 Å². The van der Waals surface area contributed by atoms with Gasteiger partial charge in [0.25, 0.3) is 0 Å². The molecule has 2 aromatic carbocycles. The molecule has 0 spiro atoms. The molecule has 0 amide bonds. The van der Waals surface area contributed by atoms with Gasteiger partial charge in [-0.15, -0.1) is 0 Å². The predicted octanol–water partition coefficient (Wildman–Crippen LogP) is 3.20. The first-order valence-electron chi connectivity index (χ1n) is 9.30. The zero-order valence-corrected chi connectivity index (χ0v) is 17.5. The van der Waals surface area contributed by atoms with E-state index >= 15 is 0 Å². The summed E-state index contributed by atoms with van der Waals surface area (Å²) in [5.74, 6) is 1.07. The van der Waals surface area contributed by atoms with E-state index in [1.165, 1.54) is 15.9 Å². The van der Waals surface area contributed by atoms with Gasteiger partial charge in [-0.3, -0.25) is 4.90 Å². The number of hydrogen-bond donors (Lipinski definition) is 0. The smallest absolute Gasteiger partial charge is 0.244 e. The van der Waals surface area contributed by atoms with Gasteiger partial charge in [-0.25, -0.2) is 8.42 Å². The third kappa shape index (κ3) is 4.35. The van der Waals surface area contributed by atoms with Gasteiger partial charge in [0.15, 0.2) is 0 Å². The van der Waals surface area contributed by atoms with Gasteiger partial charge in [0.1, 0.15) is 4.90 Å². The molecule has 0 saturated carbocycles. The zero-order valence-electron chi connectivity index (χ0n) is 16.0. The lowest BCUT2D eigenvalue weighted by Gasteiger charge is -2.33. The number of aryl methyl sites for hydroxylation is 1. The van der Waals surface area contributed by atoms with E-state index in [-0.39, 0.29) is 9.92 Å². The minimum Gasteiger partial charge on any atom is -0.338 e. The number of halogens is 1. The fourth-order valence-corrected chi connectivity index (χ4v) is 5.17. The molecule has 7 nitrogen and oxygen atoms in total. The predicted molar refractivity (Wildman–Crippen MR) is 110 cm³/mol. The summed E-state index contributed by atoms with van der Waals surface area (Å²) in [5, 5.41) is 4.29. The van der Waals surface area contributed by atoms with Crippen molar-refractivity contribution < 1.29 is 12.9 Å². The van der Waals surface area contributed by atoms with Crippen LogP contribution < -0.4 is 0 Å². The van der Waals surface area contributed by atoms with E-state index in [4.69, 9.17) is 16.1 Å². The maximum Gasteiger partial charge on any atom is 0.244 e. The second kappa shape index (κ2) is 8.23. The van der Waals surface area contributed by atoms with E-state index in [0.29, 0.717) is 44.4 Å². The Hall–Kier alpha value is -2.26. The number of sulfonamides is 1. The molecule has 1 aliphatic heterocycles. The highest BCUT2D eigenvalue weighted by Crippen LogP contribution is 2.25. The van der Waals surface area contributed by atoms with Gasteiger partial charge in [0, 0.05) is 31.7 Å². The second-order valence-electron chi connectivity index (χ2n) is 6.99. The number of nitrogens with zero attached hydrogens (tertiary/aromatic N) is 4. The summed E-state index contributed by atoms with van der Waals surface area (Å²) in [5.41, 5.74) is 2.07. The van der Waals surface area contributed by atoms with Crippen molar-refractivity contribution in [2.45, 2.75) is 18.4 Å². The van der Waals surface area contributed by atoms with Crippen LogP contribution in [0.3, 0.4) is 0 Å². The molecule has 1 saturated heterocycles. The van der Waals surface area contributed by atoms with Crippen molar-refractivity contribution in [1.29, 1.82) is 0 Å². The first-order valence-corrected chi connectivity index (χ1v) is 11.1. The number of aromatic nitrogens is 2. The Kier molecular flexibility index (Phi) is 5.69. The SMILES string of the molecule is Cc1ccc(-c2noc(CN3CCN(S(=O)(=O)c4ccccc4Cl)CC3)n2)cc1. The van der Waals surface area contributed by atoms with Gasteiger partial charge >= 0.3 is 0 Å². The molecule has 29 heavy (non-hydrogen) atoms. The Morgan fingerprint density at radius 3 is 2.41 bits per heavy atom. The molecule has 0 aliphatic carbocycles. The molecule has 2 heterocycles. The molecule has 1 fully saturated rings. The molecule has 3 aromatic rings. The number of piperazine rings is 1. The van der Waals surface area contributed by atoms with Crippen molar-refractivity contribution >= 4 is 21.6 Å². The summed E-state index contributed by atoms with van der Waals surface area (Å²) < 4.78 is 32.5. The molecule has 0 unspecified atom stereocenters. The first-order chi connectivity index (χ1) is 13.9. The fourth-order valence-electron chi connectivity index (χ4n) is 3.25. The largest absolute Gasteiger partial charge is 0.338 e. The van der Waals surface area contributed by atoms with Gasteiger partial charge in [0.2, 0.25) is 21.7 Å². The number of rotatable bonds is 5. The van der Waals surface area contributed by atoms with Crippen LogP contribution in [0.2, 0.25) is 5.02 Å². The Morgan fingerprint density at radius 2 is 1.72 bits per heavy atom. The van der Waals surface area contributed by atoms with Gasteiger partial charge in [0.05, 0.1) is 11.6 Å². The van der Waals surface area contributed by atoms with Gasteiger partial charge < -0.3 is 4.52 Å². The summed E-state index contributed by atoms with van der Waals surface area (Å²) in [7, 11) is -3.60. The van der Waals surface area contributed by atoms with Gasteiger partial charge in [-0.2, -0.15) is 9.29 Å². The van der Waals surface area contributed by atoms with Crippen LogP contribution in [-0.2, 0) is 16.6 Å². The van der Waals surface area contributed by atoms with Crippen LogP contribution in [0.1, 0.15) is 11.5 Å². The van der Waals surface area contributed by atoms with Crippen molar-refractivity contribution in [3.63, 3.8) is 0 Å². The van der Waals surface area contributed by atoms with E-state index in [2.05, 4.69) is 15.0 Å². The maximum absolute atomic E-state index is 12.8. The topological polar surface area (TPSA) is 79.5 Å². The van der Waals surface area contributed by atoms with Crippen molar-refractivity contribution in [3.8, 4) is 11.4 Å². The summed E-state index contributed by atoms with van der Waals surface area (Å²) in [6.07, 6.45) is 0. The molecule has 9 heteroatoms. The molecule has 152 valence electrons. The quantitative estimate of drug-likeness (QED) is 0.616. The lowest BCUT2D eigenvalue weighted by molar-refractivity contribution is 0.163. The molecule has 0 N–H and O–H groups in total. The molecule has 1 aliphatic rings. The van der Waals surface area contributed by atoms with Crippen LogP contribution in [-0.4, -0.2) is 53.9 Å². The Morgan fingerprint density at radius 1 is 1.03 bits per heavy atom. The van der Waals surface area contributed by atoms with E-state index in [0.717, 1.165) is 5.56 Å². The third-order valence-electron chi connectivity index (χ3n) is 4.92. The highest BCUT2D eigenvalue weighted by molar-refractivity contribution is 7.89. The minimum absolute atomic E-state index is 0.148. The lowest BCUT2D eigenvalue weighted by Crippen LogP contribution is -2.48. The minimum atomic E-state index is -3.60.